The second kappa shape index (κ2) is 6.83. The molecule has 0 spiro atoms. The molecular formula is C15H19FN2O. The SMILES string of the molecule is COc1cc(C)c(C)cn1.Cc1ccc(F)nc1C. The van der Waals surface area contributed by atoms with E-state index in [1.165, 1.54) is 17.2 Å². The van der Waals surface area contributed by atoms with E-state index in [4.69, 9.17) is 4.74 Å². The molecule has 0 aliphatic carbocycles. The van der Waals surface area contributed by atoms with Crippen molar-refractivity contribution in [1.29, 1.82) is 0 Å². The van der Waals surface area contributed by atoms with Crippen LogP contribution in [0.3, 0.4) is 0 Å². The van der Waals surface area contributed by atoms with Crippen molar-refractivity contribution in [2.75, 3.05) is 7.11 Å². The standard InChI is InChI=1S/C8H11NO.C7H8FN/c1-6-4-8(10-3)9-5-7(6)2;1-5-3-4-7(8)9-6(5)2/h4-5H,1-3H3;3-4H,1-2H3. The van der Waals surface area contributed by atoms with Crippen molar-refractivity contribution in [3.8, 4) is 5.88 Å². The van der Waals surface area contributed by atoms with Crippen LogP contribution in [0.25, 0.3) is 0 Å². The van der Waals surface area contributed by atoms with Crippen LogP contribution in [0.15, 0.2) is 24.4 Å². The molecule has 0 radical (unpaired) electrons. The first-order valence-corrected chi connectivity index (χ1v) is 6.01. The van der Waals surface area contributed by atoms with Gasteiger partial charge in [0.1, 0.15) is 0 Å². The number of hydrogen-bond donors (Lipinski definition) is 0. The van der Waals surface area contributed by atoms with Gasteiger partial charge in [0.05, 0.1) is 7.11 Å². The van der Waals surface area contributed by atoms with E-state index in [9.17, 15) is 4.39 Å². The Morgan fingerprint density at radius 1 is 1.00 bits per heavy atom. The molecule has 2 aromatic heterocycles. The molecule has 0 saturated heterocycles. The Balaban J connectivity index is 0.000000191. The molecule has 0 bridgehead atoms. The van der Waals surface area contributed by atoms with Gasteiger partial charge in [0, 0.05) is 18.0 Å². The average Bonchev–Trinajstić information content (AvgIpc) is 2.38. The predicted molar refractivity (Wildman–Crippen MR) is 73.9 cm³/mol. The van der Waals surface area contributed by atoms with Gasteiger partial charge in [0.2, 0.25) is 11.8 Å². The molecule has 0 aliphatic heterocycles. The van der Waals surface area contributed by atoms with Gasteiger partial charge in [0.15, 0.2) is 0 Å². The molecule has 3 nitrogen and oxygen atoms in total. The summed E-state index contributed by atoms with van der Waals surface area (Å²) in [5.41, 5.74) is 4.19. The van der Waals surface area contributed by atoms with Crippen LogP contribution in [-0.2, 0) is 0 Å². The number of pyridine rings is 2. The number of hydrogen-bond acceptors (Lipinski definition) is 3. The maximum absolute atomic E-state index is 12.2. The Labute approximate surface area is 113 Å². The predicted octanol–water partition coefficient (Wildman–Crippen LogP) is 3.54. The van der Waals surface area contributed by atoms with Crippen molar-refractivity contribution >= 4 is 0 Å². The van der Waals surface area contributed by atoms with Crippen molar-refractivity contribution in [2.45, 2.75) is 27.7 Å². The monoisotopic (exact) mass is 262 g/mol. The molecular weight excluding hydrogens is 243 g/mol. The zero-order valence-electron chi connectivity index (χ0n) is 12.0. The molecule has 0 fully saturated rings. The summed E-state index contributed by atoms with van der Waals surface area (Å²) in [6, 6.07) is 5.01. The number of aromatic nitrogens is 2. The summed E-state index contributed by atoms with van der Waals surface area (Å²) >= 11 is 0. The maximum atomic E-state index is 12.2. The van der Waals surface area contributed by atoms with E-state index in [-0.39, 0.29) is 0 Å². The lowest BCUT2D eigenvalue weighted by atomic mass is 10.2. The molecule has 0 saturated carbocycles. The fraction of sp³-hybridized carbons (Fsp3) is 0.333. The van der Waals surface area contributed by atoms with Crippen LogP contribution in [0, 0.1) is 33.6 Å². The highest BCUT2D eigenvalue weighted by molar-refractivity contribution is 5.26. The third kappa shape index (κ3) is 4.66. The molecule has 0 amide bonds. The molecule has 0 aromatic carbocycles. The Morgan fingerprint density at radius 2 is 1.68 bits per heavy atom. The summed E-state index contributed by atoms with van der Waals surface area (Å²) in [7, 11) is 1.62. The summed E-state index contributed by atoms with van der Waals surface area (Å²) in [5.74, 6) is 0.279. The van der Waals surface area contributed by atoms with E-state index in [2.05, 4.69) is 9.97 Å². The van der Waals surface area contributed by atoms with E-state index >= 15 is 0 Å². The topological polar surface area (TPSA) is 35.0 Å². The van der Waals surface area contributed by atoms with Crippen molar-refractivity contribution in [2.24, 2.45) is 0 Å². The number of methoxy groups -OCH3 is 1. The molecule has 2 heterocycles. The summed E-state index contributed by atoms with van der Waals surface area (Å²) < 4.78 is 17.2. The van der Waals surface area contributed by atoms with Gasteiger partial charge in [-0.25, -0.2) is 9.97 Å². The molecule has 0 aliphatic rings. The fourth-order valence-electron chi connectivity index (χ4n) is 1.31. The molecule has 0 N–H and O–H groups in total. The Morgan fingerprint density at radius 3 is 2.16 bits per heavy atom. The first kappa shape index (κ1) is 15.1. The zero-order valence-corrected chi connectivity index (χ0v) is 12.0. The second-order valence-corrected chi connectivity index (χ2v) is 4.35. The summed E-state index contributed by atoms with van der Waals surface area (Å²) in [4.78, 5) is 7.64. The lowest BCUT2D eigenvalue weighted by molar-refractivity contribution is 0.397. The highest BCUT2D eigenvalue weighted by atomic mass is 19.1. The van der Waals surface area contributed by atoms with Gasteiger partial charge in [-0.05, 0) is 50.5 Å². The highest BCUT2D eigenvalue weighted by Crippen LogP contribution is 2.11. The maximum Gasteiger partial charge on any atom is 0.213 e. The number of nitrogens with zero attached hydrogens (tertiary/aromatic N) is 2. The average molecular weight is 262 g/mol. The summed E-state index contributed by atoms with van der Waals surface area (Å²) in [6.07, 6.45) is 1.81. The first-order chi connectivity index (χ1) is 8.93. The molecule has 2 rings (SSSR count). The van der Waals surface area contributed by atoms with Crippen molar-refractivity contribution in [3.63, 3.8) is 0 Å². The van der Waals surface area contributed by atoms with Crippen LogP contribution in [0.2, 0.25) is 0 Å². The highest BCUT2D eigenvalue weighted by Gasteiger charge is 1.95. The number of ether oxygens (including phenoxy) is 1. The molecule has 0 unspecified atom stereocenters. The van der Waals surface area contributed by atoms with Gasteiger partial charge >= 0.3 is 0 Å². The van der Waals surface area contributed by atoms with E-state index in [1.807, 2.05) is 33.0 Å². The van der Waals surface area contributed by atoms with E-state index in [0.717, 1.165) is 11.3 Å². The molecule has 0 atom stereocenters. The second-order valence-electron chi connectivity index (χ2n) is 4.35. The minimum absolute atomic E-state index is 0.405. The van der Waals surface area contributed by atoms with Crippen molar-refractivity contribution in [1.82, 2.24) is 9.97 Å². The lowest BCUT2D eigenvalue weighted by Crippen LogP contribution is -1.89. The Hall–Kier alpha value is -1.97. The Kier molecular flexibility index (Phi) is 5.42. The normalized spacial score (nSPS) is 9.58. The van der Waals surface area contributed by atoms with Gasteiger partial charge < -0.3 is 4.74 Å². The molecule has 19 heavy (non-hydrogen) atoms. The zero-order chi connectivity index (χ0) is 14.4. The van der Waals surface area contributed by atoms with Crippen LogP contribution in [0.1, 0.15) is 22.4 Å². The summed E-state index contributed by atoms with van der Waals surface area (Å²) in [5, 5.41) is 0. The Bertz CT molecular complexity index is 556. The lowest BCUT2D eigenvalue weighted by Gasteiger charge is -2.01. The quantitative estimate of drug-likeness (QED) is 0.737. The molecule has 2 aromatic rings. The number of aryl methyl sites for hydroxylation is 4. The minimum atomic E-state index is -0.405. The van der Waals surface area contributed by atoms with Crippen LogP contribution < -0.4 is 4.74 Å². The van der Waals surface area contributed by atoms with Crippen LogP contribution in [-0.4, -0.2) is 17.1 Å². The molecule has 102 valence electrons. The van der Waals surface area contributed by atoms with Gasteiger partial charge in [-0.15, -0.1) is 0 Å². The van der Waals surface area contributed by atoms with Gasteiger partial charge in [0.25, 0.3) is 0 Å². The van der Waals surface area contributed by atoms with E-state index in [1.54, 1.807) is 20.1 Å². The number of rotatable bonds is 1. The van der Waals surface area contributed by atoms with Gasteiger partial charge in [-0.1, -0.05) is 6.07 Å². The minimum Gasteiger partial charge on any atom is -0.481 e. The van der Waals surface area contributed by atoms with Crippen molar-refractivity contribution in [3.05, 3.63) is 52.7 Å². The van der Waals surface area contributed by atoms with E-state index < -0.39 is 5.95 Å². The van der Waals surface area contributed by atoms with E-state index in [0.29, 0.717) is 5.88 Å². The van der Waals surface area contributed by atoms with Crippen LogP contribution in [0.5, 0.6) is 5.88 Å². The number of halogens is 1. The third-order valence-electron chi connectivity index (χ3n) is 2.87. The third-order valence-corrected chi connectivity index (χ3v) is 2.87. The largest absolute Gasteiger partial charge is 0.481 e. The first-order valence-electron chi connectivity index (χ1n) is 6.01. The smallest absolute Gasteiger partial charge is 0.213 e. The van der Waals surface area contributed by atoms with Crippen molar-refractivity contribution < 1.29 is 9.13 Å². The van der Waals surface area contributed by atoms with Gasteiger partial charge in [-0.3, -0.25) is 0 Å². The van der Waals surface area contributed by atoms with Crippen LogP contribution in [0.4, 0.5) is 4.39 Å². The van der Waals surface area contributed by atoms with Gasteiger partial charge in [-0.2, -0.15) is 4.39 Å². The summed E-state index contributed by atoms with van der Waals surface area (Å²) in [6.45, 7) is 7.77. The molecule has 4 heteroatoms. The fourth-order valence-corrected chi connectivity index (χ4v) is 1.31. The van der Waals surface area contributed by atoms with Crippen LogP contribution >= 0.6 is 0 Å².